The quantitative estimate of drug-likeness (QED) is 0.588. The second kappa shape index (κ2) is 2.44. The van der Waals surface area contributed by atoms with Crippen LogP contribution in [0.25, 0.3) is 0 Å². The molecule has 0 aliphatic rings. The van der Waals surface area contributed by atoms with Crippen molar-refractivity contribution in [2.45, 2.75) is 26.2 Å². The Morgan fingerprint density at radius 1 is 1.45 bits per heavy atom. The Morgan fingerprint density at radius 3 is 2.18 bits per heavy atom. The normalized spacial score (nSPS) is 12.0. The van der Waals surface area contributed by atoms with Crippen LogP contribution in [0.3, 0.4) is 0 Å². The van der Waals surface area contributed by atoms with E-state index in [1.165, 1.54) is 11.5 Å². The van der Waals surface area contributed by atoms with Crippen LogP contribution in [0.4, 0.5) is 0 Å². The standard InChI is InChI=1S/C7H12N2OS/c1-7(2,3)5-8-6(10)9(4)11-5/h1-4H3. The molecule has 0 aliphatic heterocycles. The SMILES string of the molecule is Cn1sc(C(C)(C)C)nc1=O. The van der Waals surface area contributed by atoms with Crippen molar-refractivity contribution in [1.29, 1.82) is 0 Å². The van der Waals surface area contributed by atoms with Crippen molar-refractivity contribution in [1.82, 2.24) is 8.94 Å². The Balaban J connectivity index is 3.18. The predicted octanol–water partition coefficient (Wildman–Crippen LogP) is 1.14. The highest BCUT2D eigenvalue weighted by Gasteiger charge is 2.18. The molecule has 1 rings (SSSR count). The molecule has 0 bridgehead atoms. The van der Waals surface area contributed by atoms with E-state index >= 15 is 0 Å². The lowest BCUT2D eigenvalue weighted by atomic mass is 9.98. The molecular formula is C7H12N2OS. The molecule has 0 atom stereocenters. The van der Waals surface area contributed by atoms with E-state index in [9.17, 15) is 4.79 Å². The highest BCUT2D eigenvalue weighted by atomic mass is 32.1. The van der Waals surface area contributed by atoms with Crippen LogP contribution in [-0.4, -0.2) is 8.94 Å². The monoisotopic (exact) mass is 172 g/mol. The Kier molecular flexibility index (Phi) is 1.88. The van der Waals surface area contributed by atoms with Gasteiger partial charge in [0.15, 0.2) is 0 Å². The van der Waals surface area contributed by atoms with E-state index in [2.05, 4.69) is 4.98 Å². The molecule has 0 saturated heterocycles. The fourth-order valence-electron chi connectivity index (χ4n) is 0.651. The van der Waals surface area contributed by atoms with Gasteiger partial charge in [0.05, 0.1) is 0 Å². The second-order valence-corrected chi connectivity index (χ2v) is 4.66. The average molecular weight is 172 g/mol. The van der Waals surface area contributed by atoms with Crippen LogP contribution in [0.5, 0.6) is 0 Å². The van der Waals surface area contributed by atoms with Crippen LogP contribution in [0.1, 0.15) is 25.8 Å². The molecule has 0 saturated carbocycles. The lowest BCUT2D eigenvalue weighted by molar-refractivity contribution is 0.583. The first-order valence-corrected chi connectivity index (χ1v) is 4.23. The summed E-state index contributed by atoms with van der Waals surface area (Å²) in [5.41, 5.74) is -0.162. The van der Waals surface area contributed by atoms with Gasteiger partial charge in [-0.1, -0.05) is 20.8 Å². The molecule has 0 spiro atoms. The fraction of sp³-hybridized carbons (Fsp3) is 0.714. The van der Waals surface area contributed by atoms with Crippen molar-refractivity contribution in [3.05, 3.63) is 15.5 Å². The van der Waals surface area contributed by atoms with E-state index in [1.54, 1.807) is 11.0 Å². The second-order valence-electron chi connectivity index (χ2n) is 3.54. The van der Waals surface area contributed by atoms with Gasteiger partial charge in [0, 0.05) is 12.5 Å². The van der Waals surface area contributed by atoms with Crippen molar-refractivity contribution in [2.24, 2.45) is 7.05 Å². The molecule has 3 nitrogen and oxygen atoms in total. The molecule has 0 radical (unpaired) electrons. The van der Waals surface area contributed by atoms with Crippen LogP contribution in [0.2, 0.25) is 0 Å². The minimum atomic E-state index is -0.153. The third-order valence-electron chi connectivity index (χ3n) is 1.33. The van der Waals surface area contributed by atoms with E-state index in [-0.39, 0.29) is 11.1 Å². The summed E-state index contributed by atoms with van der Waals surface area (Å²) in [5.74, 6) is 0. The summed E-state index contributed by atoms with van der Waals surface area (Å²) in [4.78, 5) is 14.9. The number of aromatic nitrogens is 2. The van der Waals surface area contributed by atoms with E-state index in [1.807, 2.05) is 20.8 Å². The summed E-state index contributed by atoms with van der Waals surface area (Å²) in [6, 6.07) is 0. The lowest BCUT2D eigenvalue weighted by Gasteiger charge is -2.12. The van der Waals surface area contributed by atoms with Gasteiger partial charge in [-0.2, -0.15) is 4.98 Å². The first kappa shape index (κ1) is 8.46. The molecule has 62 valence electrons. The minimum Gasteiger partial charge on any atom is -0.249 e. The van der Waals surface area contributed by atoms with Crippen LogP contribution in [-0.2, 0) is 12.5 Å². The Morgan fingerprint density at radius 2 is 2.00 bits per heavy atom. The van der Waals surface area contributed by atoms with Gasteiger partial charge < -0.3 is 0 Å². The van der Waals surface area contributed by atoms with Gasteiger partial charge in [-0.25, -0.2) is 8.75 Å². The summed E-state index contributed by atoms with van der Waals surface area (Å²) < 4.78 is 1.54. The summed E-state index contributed by atoms with van der Waals surface area (Å²) in [7, 11) is 1.73. The largest absolute Gasteiger partial charge is 0.357 e. The fourth-order valence-corrected chi connectivity index (χ4v) is 1.42. The smallest absolute Gasteiger partial charge is 0.249 e. The summed E-state index contributed by atoms with van der Waals surface area (Å²) in [5, 5.41) is 0.894. The number of hydrogen-bond acceptors (Lipinski definition) is 3. The maximum Gasteiger partial charge on any atom is 0.357 e. The molecule has 1 aromatic rings. The topological polar surface area (TPSA) is 34.9 Å². The molecular weight excluding hydrogens is 160 g/mol. The zero-order chi connectivity index (χ0) is 8.65. The molecule has 1 heterocycles. The Bertz CT molecular complexity index is 305. The van der Waals surface area contributed by atoms with Crippen LogP contribution < -0.4 is 5.69 Å². The van der Waals surface area contributed by atoms with Gasteiger partial charge in [-0.3, -0.25) is 0 Å². The van der Waals surface area contributed by atoms with Crippen molar-refractivity contribution in [2.75, 3.05) is 0 Å². The number of aryl methyl sites for hydroxylation is 1. The van der Waals surface area contributed by atoms with Gasteiger partial charge in [-0.15, -0.1) is 0 Å². The highest BCUT2D eigenvalue weighted by Crippen LogP contribution is 2.21. The highest BCUT2D eigenvalue weighted by molar-refractivity contribution is 7.06. The van der Waals surface area contributed by atoms with Crippen LogP contribution in [0, 0.1) is 0 Å². The van der Waals surface area contributed by atoms with E-state index in [4.69, 9.17) is 0 Å². The van der Waals surface area contributed by atoms with E-state index in [0.29, 0.717) is 0 Å². The van der Waals surface area contributed by atoms with E-state index in [0.717, 1.165) is 5.01 Å². The Hall–Kier alpha value is -0.640. The third-order valence-corrected chi connectivity index (χ3v) is 2.64. The summed E-state index contributed by atoms with van der Waals surface area (Å²) in [6.07, 6.45) is 0. The third kappa shape index (κ3) is 1.68. The maximum absolute atomic E-state index is 10.9. The van der Waals surface area contributed by atoms with E-state index < -0.39 is 0 Å². The molecule has 11 heavy (non-hydrogen) atoms. The first-order chi connectivity index (χ1) is 4.91. The number of rotatable bonds is 0. The van der Waals surface area contributed by atoms with Gasteiger partial charge in [-0.05, 0) is 11.5 Å². The minimum absolute atomic E-state index is 0.00884. The Labute approximate surface area is 69.8 Å². The average Bonchev–Trinajstić information content (AvgIpc) is 2.11. The summed E-state index contributed by atoms with van der Waals surface area (Å²) >= 11 is 1.41. The van der Waals surface area contributed by atoms with Gasteiger partial charge >= 0.3 is 5.69 Å². The van der Waals surface area contributed by atoms with Crippen molar-refractivity contribution in [3.8, 4) is 0 Å². The van der Waals surface area contributed by atoms with Crippen LogP contribution >= 0.6 is 11.5 Å². The maximum atomic E-state index is 10.9. The molecule has 0 amide bonds. The molecule has 1 aromatic heterocycles. The van der Waals surface area contributed by atoms with Gasteiger partial charge in [0.25, 0.3) is 0 Å². The van der Waals surface area contributed by atoms with Gasteiger partial charge in [0.1, 0.15) is 5.01 Å². The summed E-state index contributed by atoms with van der Waals surface area (Å²) in [6.45, 7) is 6.14. The molecule has 0 unspecified atom stereocenters. The molecule has 4 heteroatoms. The van der Waals surface area contributed by atoms with Crippen molar-refractivity contribution < 1.29 is 0 Å². The predicted molar refractivity (Wildman–Crippen MR) is 46.1 cm³/mol. The number of nitrogens with zero attached hydrogens (tertiary/aromatic N) is 2. The van der Waals surface area contributed by atoms with Crippen molar-refractivity contribution in [3.63, 3.8) is 0 Å². The molecule has 0 fully saturated rings. The zero-order valence-electron chi connectivity index (χ0n) is 7.21. The number of hydrogen-bond donors (Lipinski definition) is 0. The van der Waals surface area contributed by atoms with Crippen LogP contribution in [0.15, 0.2) is 4.79 Å². The molecule has 0 aromatic carbocycles. The zero-order valence-corrected chi connectivity index (χ0v) is 8.03. The lowest BCUT2D eigenvalue weighted by Crippen LogP contribution is -2.14. The van der Waals surface area contributed by atoms with Crippen molar-refractivity contribution >= 4 is 11.5 Å². The van der Waals surface area contributed by atoms with Gasteiger partial charge in [0.2, 0.25) is 0 Å². The first-order valence-electron chi connectivity index (χ1n) is 3.46. The molecule has 0 N–H and O–H groups in total. The molecule has 0 aliphatic carbocycles.